The molecule has 43 heteroatoms. The zero-order valence-corrected chi connectivity index (χ0v) is 40.5. The Kier molecular flexibility index (Phi) is 14.2. The standard InChI is InChI=1S/C31H41N15O24P4/c1-71(55,62-2-8-14(47)16(49)26(65-8)44-5-35-11-20(44)38-29(32)41-23(11)52)68-19-10(67-28(18(19)51)46-7-37-13-22(46)40-31(34)43-25(13)54)4-64-73(58,59)70-74(60,61)69-72(56,57)63-3-9-15(48)17(50)27(66-9)45-6-36-12-21(45)39-30(33)42-24(12)53/h5-10,14-19,26-28,47-51H,2-4H2,1H3,(H,56,57)(H,58,59)(H,60,61)(H3,32,38,41,52)(H3,33,39,42,53)(H3,34,40,43,54)/t8-,9-,10-,14-,15-,16-,17-,18-,19-,26-,27-,28-,71?/m1/s1. The van der Waals surface area contributed by atoms with E-state index < -0.39 is 147 Å². The number of aromatic amines is 3. The van der Waals surface area contributed by atoms with Crippen molar-refractivity contribution in [1.29, 1.82) is 0 Å². The predicted octanol–water partition coefficient (Wildman–Crippen LogP) is -4.78. The van der Waals surface area contributed by atoms with Crippen molar-refractivity contribution in [3.05, 3.63) is 50.0 Å². The van der Waals surface area contributed by atoms with Crippen LogP contribution in [0.2, 0.25) is 0 Å². The third kappa shape index (κ3) is 10.6. The summed E-state index contributed by atoms with van der Waals surface area (Å²) in [5, 5.41) is 54.6. The number of H-pyrrole nitrogens is 3. The fourth-order valence-corrected chi connectivity index (χ4v) is 12.6. The molecule has 3 aliphatic rings. The minimum Gasteiger partial charge on any atom is -0.387 e. The zero-order chi connectivity index (χ0) is 53.6. The Bertz CT molecular complexity index is 3510. The minimum atomic E-state index is -6.21. The van der Waals surface area contributed by atoms with Crippen LogP contribution in [0.15, 0.2) is 33.4 Å². The summed E-state index contributed by atoms with van der Waals surface area (Å²) in [6.45, 7) is -2.42. The second-order valence-electron chi connectivity index (χ2n) is 16.3. The number of rotatable bonds is 18. The molecule has 4 unspecified atom stereocenters. The molecule has 0 aromatic carbocycles. The van der Waals surface area contributed by atoms with Crippen molar-refractivity contribution in [3.63, 3.8) is 0 Å². The largest absolute Gasteiger partial charge is 0.490 e. The van der Waals surface area contributed by atoms with Crippen LogP contribution in [-0.4, -0.2) is 180 Å². The summed E-state index contributed by atoms with van der Waals surface area (Å²) < 4.78 is 102. The van der Waals surface area contributed by atoms with Crippen LogP contribution in [0.4, 0.5) is 17.8 Å². The molecule has 74 heavy (non-hydrogen) atoms. The van der Waals surface area contributed by atoms with Gasteiger partial charge >= 0.3 is 31.1 Å². The van der Waals surface area contributed by atoms with Crippen LogP contribution in [0, 0.1) is 0 Å². The lowest BCUT2D eigenvalue weighted by molar-refractivity contribution is -0.0538. The van der Waals surface area contributed by atoms with E-state index in [1.165, 1.54) is 0 Å². The lowest BCUT2D eigenvalue weighted by atomic mass is 10.1. The van der Waals surface area contributed by atoms with Gasteiger partial charge in [0.25, 0.3) is 16.7 Å². The number of aliphatic hydroxyl groups excluding tert-OH is 5. The molecule has 3 aliphatic heterocycles. The summed E-state index contributed by atoms with van der Waals surface area (Å²) in [6, 6.07) is 0. The van der Waals surface area contributed by atoms with E-state index in [1.807, 2.05) is 0 Å². The van der Waals surface area contributed by atoms with Crippen LogP contribution >= 0.6 is 31.1 Å². The highest BCUT2D eigenvalue weighted by Crippen LogP contribution is 2.68. The lowest BCUT2D eigenvalue weighted by Gasteiger charge is -2.26. The van der Waals surface area contributed by atoms with Crippen molar-refractivity contribution in [2.24, 2.45) is 0 Å². The molecule has 3 fully saturated rings. The van der Waals surface area contributed by atoms with Crippen molar-refractivity contribution in [1.82, 2.24) is 58.6 Å². The number of nitrogens with two attached hydrogens (primary N) is 3. The smallest absolute Gasteiger partial charge is 0.387 e. The molecule has 0 spiro atoms. The summed E-state index contributed by atoms with van der Waals surface area (Å²) in [5.41, 5.74) is 13.2. The van der Waals surface area contributed by atoms with E-state index in [0.717, 1.165) is 39.3 Å². The molecular formula is C31H41N15O24P4. The molecule has 0 saturated carbocycles. The van der Waals surface area contributed by atoms with Gasteiger partial charge in [-0.15, -0.1) is 0 Å². The van der Waals surface area contributed by atoms with Crippen LogP contribution in [0.1, 0.15) is 18.7 Å². The molecule has 404 valence electrons. The second kappa shape index (κ2) is 19.7. The number of ether oxygens (including phenoxy) is 3. The Morgan fingerprint density at radius 1 is 0.541 bits per heavy atom. The van der Waals surface area contributed by atoms with Crippen LogP contribution < -0.4 is 33.9 Å². The summed E-state index contributed by atoms with van der Waals surface area (Å²) in [4.78, 5) is 98.3. The first kappa shape index (κ1) is 53.5. The second-order valence-corrected chi connectivity index (χ2v) is 22.9. The maximum Gasteiger partial charge on any atom is 0.490 e. The van der Waals surface area contributed by atoms with Gasteiger partial charge in [-0.3, -0.25) is 61.2 Å². The number of anilines is 3. The number of imidazole rings is 3. The van der Waals surface area contributed by atoms with Gasteiger partial charge in [-0.05, 0) is 0 Å². The molecule has 9 rings (SSSR count). The first-order valence-electron chi connectivity index (χ1n) is 20.8. The minimum absolute atomic E-state index is 0.133. The summed E-state index contributed by atoms with van der Waals surface area (Å²) in [6.07, 6.45) is -18.0. The molecule has 0 amide bonds. The van der Waals surface area contributed by atoms with Crippen molar-refractivity contribution < 1.29 is 99.4 Å². The number of phosphoric ester groups is 2. The molecule has 9 heterocycles. The van der Waals surface area contributed by atoms with Gasteiger partial charge in [0.15, 0.2) is 52.2 Å². The normalized spacial score (nSPS) is 30.7. The number of nitrogens with zero attached hydrogens (tertiary/aromatic N) is 9. The maximum absolute atomic E-state index is 13.9. The Balaban J connectivity index is 0.858. The number of aliphatic hydroxyl groups is 5. The molecule has 17 N–H and O–H groups in total. The van der Waals surface area contributed by atoms with Gasteiger partial charge in [0.1, 0.15) is 54.9 Å². The predicted molar refractivity (Wildman–Crippen MR) is 237 cm³/mol. The number of fused-ring (bicyclic) bond motifs is 3. The van der Waals surface area contributed by atoms with E-state index >= 15 is 0 Å². The van der Waals surface area contributed by atoms with E-state index in [4.69, 9.17) is 45.0 Å². The lowest BCUT2D eigenvalue weighted by Crippen LogP contribution is -2.36. The van der Waals surface area contributed by atoms with E-state index in [-0.39, 0.29) is 45.4 Å². The average molecular weight is 1130 g/mol. The third-order valence-corrected chi connectivity index (χ3v) is 16.7. The Morgan fingerprint density at radius 2 is 0.878 bits per heavy atom. The maximum atomic E-state index is 13.9. The number of aromatic nitrogens is 12. The fourth-order valence-electron chi connectivity index (χ4n) is 7.91. The van der Waals surface area contributed by atoms with Gasteiger partial charge in [-0.2, -0.15) is 23.6 Å². The molecular weight excluding hydrogens is 1090 g/mol. The zero-order valence-electron chi connectivity index (χ0n) is 36.9. The van der Waals surface area contributed by atoms with Crippen LogP contribution in [0.25, 0.3) is 33.5 Å². The molecule has 0 radical (unpaired) electrons. The molecule has 3 saturated heterocycles. The molecule has 16 atom stereocenters. The molecule has 39 nitrogen and oxygen atoms in total. The van der Waals surface area contributed by atoms with Gasteiger partial charge in [0.05, 0.1) is 38.8 Å². The number of nitrogen functional groups attached to an aromatic ring is 3. The molecule has 0 aliphatic carbocycles. The SMILES string of the molecule is CP(=O)(OC[C@H]1O[C@@H](n2cnc3c(=O)[nH]c(N)nc32)[C@H](O)[C@@H]1O)O[C@H]1[C@@H](O)[C@H](n2cnc3c(=O)[nH]c(N)nc32)O[C@@H]1COP(=O)(O)OP(=O)(O)OP(=O)(O)OC[C@H]1O[C@@H](n2cnc3c(=O)[nH]c(N)nc32)[C@H](O)[C@@H]1O. The van der Waals surface area contributed by atoms with Crippen molar-refractivity contribution in [2.75, 3.05) is 43.7 Å². The monoisotopic (exact) mass is 1130 g/mol. The van der Waals surface area contributed by atoms with Crippen LogP contribution in [-0.2, 0) is 59.2 Å². The molecule has 6 aromatic heterocycles. The highest BCUT2D eigenvalue weighted by Gasteiger charge is 2.52. The topological polar surface area (TPSA) is 582 Å². The van der Waals surface area contributed by atoms with Crippen molar-refractivity contribution >= 4 is 82.4 Å². The van der Waals surface area contributed by atoms with Crippen molar-refractivity contribution in [2.45, 2.75) is 73.6 Å². The van der Waals surface area contributed by atoms with E-state index in [0.29, 0.717) is 0 Å². The van der Waals surface area contributed by atoms with Gasteiger partial charge in [0, 0.05) is 6.66 Å². The summed E-state index contributed by atoms with van der Waals surface area (Å²) >= 11 is 0. The molecule has 0 bridgehead atoms. The van der Waals surface area contributed by atoms with Crippen molar-refractivity contribution in [3.8, 4) is 0 Å². The fraction of sp³-hybridized carbons (Fsp3) is 0.516. The van der Waals surface area contributed by atoms with E-state index in [2.05, 4.69) is 58.0 Å². The molecule has 6 aromatic rings. The highest BCUT2D eigenvalue weighted by molar-refractivity contribution is 7.66. The Morgan fingerprint density at radius 3 is 1.27 bits per heavy atom. The van der Waals surface area contributed by atoms with Gasteiger partial charge < -0.3 is 76.1 Å². The Labute approximate surface area is 407 Å². The third-order valence-electron chi connectivity index (χ3n) is 11.2. The van der Waals surface area contributed by atoms with Crippen LogP contribution in [0.3, 0.4) is 0 Å². The van der Waals surface area contributed by atoms with Gasteiger partial charge in [-0.25, -0.2) is 28.6 Å². The average Bonchev–Trinajstić information content (AvgIpc) is 4.15. The first-order chi connectivity index (χ1) is 34.6. The highest BCUT2D eigenvalue weighted by atomic mass is 31.3. The quantitative estimate of drug-likeness (QED) is 0.0359. The van der Waals surface area contributed by atoms with E-state index in [1.54, 1.807) is 0 Å². The van der Waals surface area contributed by atoms with Crippen LogP contribution in [0.5, 0.6) is 0 Å². The number of hydrogen-bond acceptors (Lipinski definition) is 30. The Hall–Kier alpha value is -5.31. The summed E-state index contributed by atoms with van der Waals surface area (Å²) in [7, 11) is -22.6. The number of nitrogens with one attached hydrogen (secondary N) is 3. The summed E-state index contributed by atoms with van der Waals surface area (Å²) in [5.74, 6) is -1.07. The first-order valence-corrected chi connectivity index (χ1v) is 27.2. The number of phosphoric acid groups is 3. The number of hydrogen-bond donors (Lipinski definition) is 14. The van der Waals surface area contributed by atoms with Gasteiger partial charge in [-0.1, -0.05) is 0 Å². The van der Waals surface area contributed by atoms with E-state index in [9.17, 15) is 72.9 Å². The van der Waals surface area contributed by atoms with Gasteiger partial charge in [0.2, 0.25) is 17.8 Å².